The number of alkyl halides is 3. The zero-order chi connectivity index (χ0) is 30.9. The molecule has 44 heavy (non-hydrogen) atoms. The van der Waals surface area contributed by atoms with Crippen molar-refractivity contribution in [1.29, 1.82) is 0 Å². The maximum absolute atomic E-state index is 13.5. The van der Waals surface area contributed by atoms with Crippen LogP contribution in [0, 0.1) is 0 Å². The first kappa shape index (κ1) is 29.9. The Hall–Kier alpha value is -4.15. The van der Waals surface area contributed by atoms with E-state index in [1.807, 2.05) is 23.1 Å². The van der Waals surface area contributed by atoms with E-state index >= 15 is 0 Å². The molecule has 2 fully saturated rings. The van der Waals surface area contributed by atoms with E-state index in [2.05, 4.69) is 40.2 Å². The molecule has 0 atom stereocenters. The Kier molecular flexibility index (Phi) is 8.22. The number of nitrogens with two attached hydrogens (primary N) is 1. The van der Waals surface area contributed by atoms with Crippen molar-refractivity contribution in [3.8, 4) is 17.1 Å². The van der Waals surface area contributed by atoms with Gasteiger partial charge in [-0.3, -0.25) is 14.4 Å². The number of likely N-dealkylation sites (tertiary alicyclic amines) is 1. The summed E-state index contributed by atoms with van der Waals surface area (Å²) in [6, 6.07) is 3.37. The highest BCUT2D eigenvalue weighted by Crippen LogP contribution is 2.37. The lowest BCUT2D eigenvalue weighted by Gasteiger charge is -2.53. The van der Waals surface area contributed by atoms with Gasteiger partial charge in [-0.05, 0) is 31.7 Å². The van der Waals surface area contributed by atoms with Crippen molar-refractivity contribution in [1.82, 2.24) is 44.9 Å². The molecule has 1 aliphatic carbocycles. The number of rotatable bonds is 10. The smallest absolute Gasteiger partial charge is 0.451 e. The molecule has 1 saturated heterocycles. The lowest BCUT2D eigenvalue weighted by molar-refractivity contribution is -0.145. The van der Waals surface area contributed by atoms with E-state index in [0.29, 0.717) is 19.4 Å². The first-order valence-electron chi connectivity index (χ1n) is 14.4. The van der Waals surface area contributed by atoms with Crippen molar-refractivity contribution in [3.63, 3.8) is 0 Å². The molecule has 16 heteroatoms. The van der Waals surface area contributed by atoms with E-state index in [-0.39, 0.29) is 36.7 Å². The van der Waals surface area contributed by atoms with Crippen molar-refractivity contribution >= 4 is 16.9 Å². The highest BCUT2D eigenvalue weighted by molar-refractivity contribution is 5.92. The van der Waals surface area contributed by atoms with Crippen molar-refractivity contribution < 1.29 is 27.4 Å². The summed E-state index contributed by atoms with van der Waals surface area (Å²) in [5.74, 6) is -2.45. The molecule has 13 nitrogen and oxygen atoms in total. The molecule has 0 spiro atoms. The average Bonchev–Trinajstić information content (AvgIpc) is 3.68. The molecule has 0 radical (unpaired) electrons. The summed E-state index contributed by atoms with van der Waals surface area (Å²) in [4.78, 5) is 33.5. The second-order valence-corrected chi connectivity index (χ2v) is 11.2. The standard InChI is InChI=1S/C28H33F3N10O3/c1-43-9-8-34-25(42)21-10-22(39-26(38-21)28(29,30)31)44-19-4-2-18(3-5-19)40-14-27(13-32,15-40)41-12-17(11-37-41)23-20-6-7-33-24(20)36-16-35-23/h6-7,10-12,16,18-19H,2-5,8-9,13-15,32H2,1H3,(H,34,42)(H,33,35,36)/t18-,19+. The van der Waals surface area contributed by atoms with Crippen LogP contribution in [0.5, 0.6) is 5.88 Å². The quantitative estimate of drug-likeness (QED) is 0.226. The fourth-order valence-electron chi connectivity index (χ4n) is 5.93. The van der Waals surface area contributed by atoms with Gasteiger partial charge in [-0.25, -0.2) is 15.0 Å². The van der Waals surface area contributed by atoms with Crippen LogP contribution in [-0.2, 0) is 16.5 Å². The molecule has 1 saturated carbocycles. The van der Waals surface area contributed by atoms with E-state index < -0.39 is 23.6 Å². The average molecular weight is 615 g/mol. The Morgan fingerprint density at radius 2 is 2.00 bits per heavy atom. The Balaban J connectivity index is 1.07. The van der Waals surface area contributed by atoms with E-state index in [0.717, 1.165) is 54.3 Å². The minimum Gasteiger partial charge on any atom is -0.474 e. The molecule has 2 aliphatic rings. The van der Waals surface area contributed by atoms with E-state index in [4.69, 9.17) is 15.2 Å². The van der Waals surface area contributed by atoms with Crippen molar-refractivity contribution in [2.75, 3.05) is 39.9 Å². The number of aromatic nitrogens is 7. The van der Waals surface area contributed by atoms with Crippen LogP contribution in [0.25, 0.3) is 22.3 Å². The number of ether oxygens (including phenoxy) is 2. The number of H-pyrrole nitrogens is 1. The lowest BCUT2D eigenvalue weighted by atomic mass is 9.83. The third-order valence-corrected chi connectivity index (χ3v) is 8.30. The summed E-state index contributed by atoms with van der Waals surface area (Å²) in [5.41, 5.74) is 7.96. The summed E-state index contributed by atoms with van der Waals surface area (Å²) in [7, 11) is 1.45. The molecule has 5 heterocycles. The van der Waals surface area contributed by atoms with Gasteiger partial charge in [0, 0.05) is 68.7 Å². The minimum atomic E-state index is -4.83. The minimum absolute atomic E-state index is 0.128. The molecule has 4 aromatic heterocycles. The monoisotopic (exact) mass is 614 g/mol. The van der Waals surface area contributed by atoms with E-state index in [1.165, 1.54) is 13.4 Å². The number of nitrogens with zero attached hydrogens (tertiary/aromatic N) is 7. The molecule has 0 unspecified atom stereocenters. The van der Waals surface area contributed by atoms with Crippen LogP contribution in [-0.4, -0.2) is 97.5 Å². The summed E-state index contributed by atoms with van der Waals surface area (Å²) in [6.45, 7) is 2.22. The number of fused-ring (bicyclic) bond motifs is 1. The van der Waals surface area contributed by atoms with Crippen LogP contribution in [0.3, 0.4) is 0 Å². The number of hydrogen-bond acceptors (Lipinski definition) is 10. The predicted molar refractivity (Wildman–Crippen MR) is 152 cm³/mol. The fraction of sp³-hybridized carbons (Fsp3) is 0.500. The van der Waals surface area contributed by atoms with Crippen molar-refractivity contribution in [2.45, 2.75) is 49.5 Å². The number of amides is 1. The maximum atomic E-state index is 13.5. The van der Waals surface area contributed by atoms with Crippen molar-refractivity contribution in [3.05, 3.63) is 48.6 Å². The zero-order valence-electron chi connectivity index (χ0n) is 24.0. The molecule has 1 amide bonds. The zero-order valence-corrected chi connectivity index (χ0v) is 24.0. The van der Waals surface area contributed by atoms with E-state index in [1.54, 1.807) is 6.20 Å². The molecule has 6 rings (SSSR count). The topological polar surface area (TPSA) is 162 Å². The van der Waals surface area contributed by atoms with Gasteiger partial charge in [-0.1, -0.05) is 0 Å². The van der Waals surface area contributed by atoms with Gasteiger partial charge in [-0.2, -0.15) is 23.3 Å². The molecular weight excluding hydrogens is 581 g/mol. The van der Waals surface area contributed by atoms with Gasteiger partial charge in [0.1, 0.15) is 29.3 Å². The van der Waals surface area contributed by atoms with E-state index in [9.17, 15) is 18.0 Å². The van der Waals surface area contributed by atoms with Crippen LogP contribution in [0.1, 0.15) is 42.0 Å². The summed E-state index contributed by atoms with van der Waals surface area (Å²) in [5, 5.41) is 8.04. The van der Waals surface area contributed by atoms with Gasteiger partial charge in [0.05, 0.1) is 18.5 Å². The lowest BCUT2D eigenvalue weighted by Crippen LogP contribution is -2.68. The molecular formula is C28H33F3N10O3. The van der Waals surface area contributed by atoms with Crippen LogP contribution in [0.4, 0.5) is 13.2 Å². The molecule has 4 aromatic rings. The first-order valence-corrected chi connectivity index (χ1v) is 14.4. The van der Waals surface area contributed by atoms with Crippen LogP contribution < -0.4 is 15.8 Å². The third-order valence-electron chi connectivity index (χ3n) is 8.30. The molecule has 234 valence electrons. The van der Waals surface area contributed by atoms with Gasteiger partial charge in [0.2, 0.25) is 11.7 Å². The normalized spacial score (nSPS) is 20.4. The van der Waals surface area contributed by atoms with Crippen LogP contribution in [0.15, 0.2) is 37.1 Å². The number of methoxy groups -OCH3 is 1. The van der Waals surface area contributed by atoms with Gasteiger partial charge < -0.3 is 25.5 Å². The molecule has 1 aliphatic heterocycles. The number of aromatic amines is 1. The Labute approximate surface area is 250 Å². The molecule has 0 bridgehead atoms. The maximum Gasteiger partial charge on any atom is 0.451 e. The van der Waals surface area contributed by atoms with Crippen LogP contribution in [0.2, 0.25) is 0 Å². The second kappa shape index (κ2) is 12.1. The SMILES string of the molecule is COCCNC(=O)c1cc(O[C@H]2CC[C@@H](N3CC(CN)(n4cc(-c5ncnc6[nH]ccc56)cn4)C3)CC2)nc(C(F)(F)F)n1. The number of carbonyl (C=O) groups is 1. The summed E-state index contributed by atoms with van der Waals surface area (Å²) >= 11 is 0. The van der Waals surface area contributed by atoms with Crippen molar-refractivity contribution in [2.24, 2.45) is 5.73 Å². The second-order valence-electron chi connectivity index (χ2n) is 11.2. The van der Waals surface area contributed by atoms with Crippen LogP contribution >= 0.6 is 0 Å². The largest absolute Gasteiger partial charge is 0.474 e. The first-order chi connectivity index (χ1) is 21.2. The number of hydrogen-bond donors (Lipinski definition) is 3. The fourth-order valence-corrected chi connectivity index (χ4v) is 5.93. The van der Waals surface area contributed by atoms with Gasteiger partial charge in [0.15, 0.2) is 0 Å². The number of nitrogens with one attached hydrogen (secondary N) is 2. The highest BCUT2D eigenvalue weighted by Gasteiger charge is 2.47. The van der Waals surface area contributed by atoms with Gasteiger partial charge in [0.25, 0.3) is 5.91 Å². The third kappa shape index (κ3) is 5.96. The number of carbonyl (C=O) groups excluding carboxylic acids is 1. The highest BCUT2D eigenvalue weighted by atomic mass is 19.4. The Morgan fingerprint density at radius 1 is 1.20 bits per heavy atom. The van der Waals surface area contributed by atoms with Gasteiger partial charge in [-0.15, -0.1) is 0 Å². The molecule has 4 N–H and O–H groups in total. The summed E-state index contributed by atoms with van der Waals surface area (Å²) < 4.78 is 53.1. The van der Waals surface area contributed by atoms with Gasteiger partial charge >= 0.3 is 6.18 Å². The molecule has 0 aromatic carbocycles. The Morgan fingerprint density at radius 3 is 2.73 bits per heavy atom. The summed E-state index contributed by atoms with van der Waals surface area (Å²) in [6.07, 6.45) is 4.81. The Bertz CT molecular complexity index is 1610. The predicted octanol–water partition coefficient (Wildman–Crippen LogP) is 2.37. The number of halogens is 3.